The smallest absolute Gasteiger partial charge is 0.323 e. The molecule has 1 aromatic carbocycles. The number of carbonyl (C=O) groups is 1. The van der Waals surface area contributed by atoms with Gasteiger partial charge in [-0.3, -0.25) is 9.59 Å². The third-order valence-corrected chi connectivity index (χ3v) is 2.99. The third kappa shape index (κ3) is 3.24. The van der Waals surface area contributed by atoms with Crippen LogP contribution in [0.3, 0.4) is 0 Å². The topological polar surface area (TPSA) is 112 Å². The summed E-state index contributed by atoms with van der Waals surface area (Å²) in [5.41, 5.74) is 1.73. The van der Waals surface area contributed by atoms with Gasteiger partial charge in [-0.05, 0) is 30.7 Å². The summed E-state index contributed by atoms with van der Waals surface area (Å²) >= 11 is 0. The number of hydrogen-bond acceptors (Lipinski definition) is 5. The number of aromatic nitrogens is 1. The Balaban J connectivity index is 2.28. The first-order valence-corrected chi connectivity index (χ1v) is 6.28. The largest absolute Gasteiger partial charge is 0.484 e. The number of carbonyl (C=O) groups excluding carboxylic acids is 1. The molecule has 0 radical (unpaired) electrons. The summed E-state index contributed by atoms with van der Waals surface area (Å²) in [6, 6.07) is 10.0. The van der Waals surface area contributed by atoms with E-state index in [1.54, 1.807) is 31.2 Å². The summed E-state index contributed by atoms with van der Waals surface area (Å²) in [4.78, 5) is 34.8. The molecule has 7 heteroatoms. The van der Waals surface area contributed by atoms with Crippen molar-refractivity contribution >= 4 is 5.91 Å². The molecule has 2 rings (SSSR count). The maximum Gasteiger partial charge on any atom is 0.323 e. The van der Waals surface area contributed by atoms with Gasteiger partial charge in [0.25, 0.3) is 5.56 Å². The summed E-state index contributed by atoms with van der Waals surface area (Å²) in [6.45, 7) is 1.32. The highest BCUT2D eigenvalue weighted by Gasteiger charge is 2.08. The van der Waals surface area contributed by atoms with Crippen LogP contribution in [-0.2, 0) is 4.79 Å². The van der Waals surface area contributed by atoms with Crippen molar-refractivity contribution in [3.63, 3.8) is 0 Å². The highest BCUT2D eigenvalue weighted by atomic mass is 16.5. The summed E-state index contributed by atoms with van der Waals surface area (Å²) in [5.74, 6) is -0.484. The van der Waals surface area contributed by atoms with Gasteiger partial charge in [-0.2, -0.15) is 5.26 Å². The first kappa shape index (κ1) is 15.1. The van der Waals surface area contributed by atoms with Gasteiger partial charge in [0.05, 0.1) is 0 Å². The minimum absolute atomic E-state index is 0.0311. The van der Waals surface area contributed by atoms with Crippen molar-refractivity contribution in [3.8, 4) is 22.9 Å². The van der Waals surface area contributed by atoms with Crippen molar-refractivity contribution in [1.82, 2.24) is 4.98 Å². The second-order valence-electron chi connectivity index (χ2n) is 4.46. The molecule has 0 aliphatic rings. The number of nitrogens with zero attached hydrogens (tertiary/aromatic N) is 2. The summed E-state index contributed by atoms with van der Waals surface area (Å²) < 4.78 is 5.09. The zero-order valence-corrected chi connectivity index (χ0v) is 11.6. The number of nitrogens with one attached hydrogen (secondary N) is 1. The van der Waals surface area contributed by atoms with E-state index in [9.17, 15) is 14.5 Å². The Morgan fingerprint density at radius 2 is 2.05 bits per heavy atom. The first-order chi connectivity index (χ1) is 10.5. The molecular weight excluding hydrogens is 286 g/mol. The van der Waals surface area contributed by atoms with Crippen molar-refractivity contribution < 1.29 is 9.53 Å². The van der Waals surface area contributed by atoms with Gasteiger partial charge in [0.15, 0.2) is 6.61 Å². The maximum absolute atomic E-state index is 11.5. The van der Waals surface area contributed by atoms with Gasteiger partial charge in [-0.15, -0.1) is 4.91 Å². The second kappa shape index (κ2) is 6.45. The number of nitriles is 1. The van der Waals surface area contributed by atoms with Crippen LogP contribution in [0.15, 0.2) is 40.3 Å². The van der Waals surface area contributed by atoms with Crippen molar-refractivity contribution in [3.05, 3.63) is 56.9 Å². The van der Waals surface area contributed by atoms with E-state index in [1.165, 1.54) is 6.07 Å². The van der Waals surface area contributed by atoms with Crippen molar-refractivity contribution in [1.29, 1.82) is 5.26 Å². The van der Waals surface area contributed by atoms with Crippen molar-refractivity contribution in [2.45, 2.75) is 6.92 Å². The first-order valence-electron chi connectivity index (χ1n) is 6.28. The molecule has 0 bridgehead atoms. The van der Waals surface area contributed by atoms with Crippen molar-refractivity contribution in [2.24, 2.45) is 5.18 Å². The fraction of sp³-hybridized carbons (Fsp3) is 0.133. The van der Waals surface area contributed by atoms with Gasteiger partial charge < -0.3 is 9.72 Å². The zero-order valence-electron chi connectivity index (χ0n) is 11.6. The number of aryl methyl sites for hydroxylation is 1. The summed E-state index contributed by atoms with van der Waals surface area (Å²) in [6.07, 6.45) is 0. The molecule has 7 nitrogen and oxygen atoms in total. The molecule has 22 heavy (non-hydrogen) atoms. The zero-order chi connectivity index (χ0) is 16.1. The van der Waals surface area contributed by atoms with Crippen LogP contribution < -0.4 is 10.3 Å². The number of amides is 1. The number of nitroso groups, excluding NO2 is 1. The Morgan fingerprint density at radius 3 is 2.64 bits per heavy atom. The second-order valence-corrected chi connectivity index (χ2v) is 4.46. The average Bonchev–Trinajstić information content (AvgIpc) is 2.53. The lowest BCUT2D eigenvalue weighted by Gasteiger charge is -2.08. The van der Waals surface area contributed by atoms with Crippen LogP contribution in [0.25, 0.3) is 11.1 Å². The predicted molar refractivity (Wildman–Crippen MR) is 78.2 cm³/mol. The van der Waals surface area contributed by atoms with Crippen LogP contribution in [0, 0.1) is 23.2 Å². The van der Waals surface area contributed by atoms with Gasteiger partial charge in [-0.1, -0.05) is 12.1 Å². The SMILES string of the molecule is Cc1[nH]c(=O)c(C#N)cc1-c1ccc(OCC(=O)N=O)cc1. The molecule has 110 valence electrons. The van der Waals surface area contributed by atoms with Gasteiger partial charge in [0, 0.05) is 16.4 Å². The number of hydrogen-bond donors (Lipinski definition) is 1. The highest BCUT2D eigenvalue weighted by Crippen LogP contribution is 2.24. The van der Waals surface area contributed by atoms with E-state index in [0.29, 0.717) is 17.0 Å². The van der Waals surface area contributed by atoms with Crippen LogP contribution in [-0.4, -0.2) is 17.5 Å². The normalized spacial score (nSPS) is 9.82. The van der Waals surface area contributed by atoms with Gasteiger partial charge >= 0.3 is 5.91 Å². The number of pyridine rings is 1. The summed E-state index contributed by atoms with van der Waals surface area (Å²) in [5, 5.41) is 11.1. The van der Waals surface area contributed by atoms with Gasteiger partial charge in [-0.25, -0.2) is 0 Å². The average molecular weight is 297 g/mol. The molecule has 0 unspecified atom stereocenters. The molecule has 2 aromatic rings. The molecule has 0 spiro atoms. The monoisotopic (exact) mass is 297 g/mol. The molecule has 1 N–H and O–H groups in total. The van der Waals surface area contributed by atoms with E-state index >= 15 is 0 Å². The highest BCUT2D eigenvalue weighted by molar-refractivity contribution is 5.78. The minimum Gasteiger partial charge on any atom is -0.484 e. The number of aromatic amines is 1. The lowest BCUT2D eigenvalue weighted by atomic mass is 10.0. The maximum atomic E-state index is 11.5. The van der Waals surface area contributed by atoms with E-state index < -0.39 is 18.1 Å². The number of rotatable bonds is 4. The molecular formula is C15H11N3O4. The Morgan fingerprint density at radius 1 is 1.36 bits per heavy atom. The molecule has 0 saturated heterocycles. The van der Waals surface area contributed by atoms with Crippen LogP contribution in [0.4, 0.5) is 0 Å². The summed E-state index contributed by atoms with van der Waals surface area (Å²) in [7, 11) is 0. The van der Waals surface area contributed by atoms with E-state index in [0.717, 1.165) is 5.56 Å². The van der Waals surface area contributed by atoms with Crippen molar-refractivity contribution in [2.75, 3.05) is 6.61 Å². The van der Waals surface area contributed by atoms with E-state index in [1.807, 2.05) is 6.07 Å². The van der Waals surface area contributed by atoms with E-state index in [4.69, 9.17) is 10.00 Å². The molecule has 0 saturated carbocycles. The van der Waals surface area contributed by atoms with Crippen LogP contribution in [0.2, 0.25) is 0 Å². The molecule has 0 aliphatic heterocycles. The predicted octanol–water partition coefficient (Wildman–Crippen LogP) is 1.89. The molecule has 1 aromatic heterocycles. The Labute approximate surface area is 125 Å². The van der Waals surface area contributed by atoms with Crippen LogP contribution >= 0.6 is 0 Å². The van der Waals surface area contributed by atoms with Crippen LogP contribution in [0.5, 0.6) is 5.75 Å². The van der Waals surface area contributed by atoms with Gasteiger partial charge in [0.1, 0.15) is 17.4 Å². The number of ether oxygens (including phenoxy) is 1. The lowest BCUT2D eigenvalue weighted by Crippen LogP contribution is -2.12. The molecule has 0 fully saturated rings. The van der Waals surface area contributed by atoms with E-state index in [-0.39, 0.29) is 5.56 Å². The van der Waals surface area contributed by atoms with Gasteiger partial charge in [0.2, 0.25) is 0 Å². The Kier molecular flexibility index (Phi) is 4.44. The van der Waals surface area contributed by atoms with E-state index in [2.05, 4.69) is 10.2 Å². The number of benzene rings is 1. The Bertz CT molecular complexity index is 816. The van der Waals surface area contributed by atoms with Crippen LogP contribution in [0.1, 0.15) is 11.3 Å². The third-order valence-electron chi connectivity index (χ3n) is 2.99. The standard InChI is InChI=1S/C15H11N3O4/c1-9-13(6-11(7-16)15(20)17-9)10-2-4-12(5-3-10)22-8-14(19)18-21/h2-6H,8H2,1H3,(H,17,20). The molecule has 1 amide bonds. The molecule has 0 atom stereocenters. The minimum atomic E-state index is -0.890. The fourth-order valence-electron chi connectivity index (χ4n) is 1.91. The fourth-order valence-corrected chi connectivity index (χ4v) is 1.91. The molecule has 1 heterocycles. The number of H-pyrrole nitrogens is 1. The quantitative estimate of drug-likeness (QED) is 0.866. The lowest BCUT2D eigenvalue weighted by molar-refractivity contribution is -0.119. The molecule has 0 aliphatic carbocycles. The Hall–Kier alpha value is -3.27.